The summed E-state index contributed by atoms with van der Waals surface area (Å²) in [5.74, 6) is -1.13. The molecule has 0 spiro atoms. The molecule has 0 atom stereocenters. The van der Waals surface area contributed by atoms with E-state index in [0.717, 1.165) is 0 Å². The Morgan fingerprint density at radius 1 is 1.38 bits per heavy atom. The number of pyridine rings is 1. The number of hydrogen-bond donors (Lipinski definition) is 0. The second kappa shape index (κ2) is 5.14. The molecule has 21 heavy (non-hydrogen) atoms. The third-order valence-electron chi connectivity index (χ3n) is 4.43. The van der Waals surface area contributed by atoms with Crippen molar-refractivity contribution in [1.82, 2.24) is 4.98 Å². The van der Waals surface area contributed by atoms with Crippen LogP contribution in [0.5, 0.6) is 0 Å². The molecule has 0 aliphatic heterocycles. The minimum Gasteiger partial charge on any atom is -0.404 e. The molecule has 0 radical (unpaired) electrons. The monoisotopic (exact) mass is 329 g/mol. The second-order valence-corrected chi connectivity index (χ2v) is 12.3. The minimum atomic E-state index is -2.09. The summed E-state index contributed by atoms with van der Waals surface area (Å²) in [5.41, 5.74) is -0.894. The lowest BCUT2D eigenvalue weighted by molar-refractivity contribution is 0.0709. The SMILES string of the molecule is CC(C)(C)[Si](C)(C)OC1(C(=O)c2ccc(Cl)nc2F)CC1. The average molecular weight is 330 g/mol. The van der Waals surface area contributed by atoms with Crippen LogP contribution in [0.15, 0.2) is 12.1 Å². The Kier molecular flexibility index (Phi) is 4.06. The summed E-state index contributed by atoms with van der Waals surface area (Å²) in [7, 11) is -2.09. The Morgan fingerprint density at radius 2 is 1.95 bits per heavy atom. The van der Waals surface area contributed by atoms with Crippen LogP contribution in [0, 0.1) is 5.95 Å². The van der Waals surface area contributed by atoms with Gasteiger partial charge in [-0.25, -0.2) is 4.98 Å². The van der Waals surface area contributed by atoms with Gasteiger partial charge in [0.05, 0.1) is 5.56 Å². The molecule has 1 aromatic rings. The van der Waals surface area contributed by atoms with E-state index in [0.29, 0.717) is 12.8 Å². The predicted molar refractivity (Wildman–Crippen MR) is 83.8 cm³/mol. The minimum absolute atomic E-state index is 0.000337. The van der Waals surface area contributed by atoms with Gasteiger partial charge in [0, 0.05) is 0 Å². The number of hydrogen-bond acceptors (Lipinski definition) is 3. The fourth-order valence-corrected chi connectivity index (χ4v) is 3.67. The smallest absolute Gasteiger partial charge is 0.225 e. The number of ketones is 1. The van der Waals surface area contributed by atoms with Crippen molar-refractivity contribution in [2.75, 3.05) is 0 Å². The van der Waals surface area contributed by atoms with Gasteiger partial charge < -0.3 is 4.43 Å². The standard InChI is InChI=1S/C15H21ClFNO2Si/c1-14(2,3)21(4,5)20-15(8-9-15)12(19)10-6-7-11(16)18-13(10)17/h6-7H,8-9H2,1-5H3. The van der Waals surface area contributed by atoms with E-state index in [-0.39, 0.29) is 21.5 Å². The Morgan fingerprint density at radius 3 is 2.38 bits per heavy atom. The van der Waals surface area contributed by atoms with Gasteiger partial charge >= 0.3 is 0 Å². The lowest BCUT2D eigenvalue weighted by atomic mass is 10.1. The zero-order chi connectivity index (χ0) is 16.1. The summed E-state index contributed by atoms with van der Waals surface area (Å²) in [4.78, 5) is 16.2. The first-order valence-corrected chi connectivity index (χ1v) is 10.3. The van der Waals surface area contributed by atoms with Crippen molar-refractivity contribution < 1.29 is 13.6 Å². The number of carbonyl (C=O) groups excluding carboxylic acids is 1. The molecule has 1 fully saturated rings. The van der Waals surface area contributed by atoms with Crippen molar-refractivity contribution in [3.8, 4) is 0 Å². The van der Waals surface area contributed by atoms with E-state index in [9.17, 15) is 9.18 Å². The highest BCUT2D eigenvalue weighted by molar-refractivity contribution is 6.74. The van der Waals surface area contributed by atoms with Gasteiger partial charge in [-0.05, 0) is 43.1 Å². The number of Topliss-reactive ketones (excluding diaryl/α,β-unsaturated/α-hetero) is 1. The van der Waals surface area contributed by atoms with Gasteiger partial charge in [-0.2, -0.15) is 4.39 Å². The number of aromatic nitrogens is 1. The maximum Gasteiger partial charge on any atom is 0.225 e. The number of nitrogens with zero attached hydrogens (tertiary/aromatic N) is 1. The molecule has 1 aromatic heterocycles. The molecule has 0 unspecified atom stereocenters. The number of carbonyl (C=O) groups is 1. The molecule has 116 valence electrons. The number of rotatable bonds is 4. The van der Waals surface area contributed by atoms with Crippen molar-refractivity contribution in [1.29, 1.82) is 0 Å². The highest BCUT2D eigenvalue weighted by Gasteiger charge is 2.56. The zero-order valence-corrected chi connectivity index (χ0v) is 14.8. The maximum absolute atomic E-state index is 13.9. The first kappa shape index (κ1) is 16.6. The third-order valence-corrected chi connectivity index (χ3v) is 9.16. The van der Waals surface area contributed by atoms with Crippen LogP contribution in [-0.4, -0.2) is 24.7 Å². The summed E-state index contributed by atoms with van der Waals surface area (Å²) in [6.07, 6.45) is 1.28. The zero-order valence-electron chi connectivity index (χ0n) is 13.1. The summed E-state index contributed by atoms with van der Waals surface area (Å²) in [6, 6.07) is 2.82. The van der Waals surface area contributed by atoms with Crippen LogP contribution >= 0.6 is 11.6 Å². The van der Waals surface area contributed by atoms with E-state index in [2.05, 4.69) is 38.8 Å². The van der Waals surface area contributed by atoms with Gasteiger partial charge in [0.25, 0.3) is 0 Å². The van der Waals surface area contributed by atoms with Gasteiger partial charge in [0.2, 0.25) is 5.95 Å². The number of halogens is 2. The van der Waals surface area contributed by atoms with Crippen LogP contribution in [0.1, 0.15) is 44.0 Å². The molecule has 1 heterocycles. The molecule has 3 nitrogen and oxygen atoms in total. The molecule has 0 bridgehead atoms. The van der Waals surface area contributed by atoms with Crippen molar-refractivity contribution in [3.05, 3.63) is 28.8 Å². The molecular formula is C15H21ClFNO2Si. The van der Waals surface area contributed by atoms with Crippen LogP contribution in [0.25, 0.3) is 0 Å². The van der Waals surface area contributed by atoms with Crippen molar-refractivity contribution in [2.45, 2.75) is 57.3 Å². The molecule has 0 aromatic carbocycles. The van der Waals surface area contributed by atoms with E-state index < -0.39 is 19.9 Å². The van der Waals surface area contributed by atoms with Crippen molar-refractivity contribution in [2.24, 2.45) is 0 Å². The molecule has 0 N–H and O–H groups in total. The molecule has 1 aliphatic rings. The fourth-order valence-electron chi connectivity index (χ4n) is 1.96. The van der Waals surface area contributed by atoms with Crippen LogP contribution in [0.3, 0.4) is 0 Å². The fraction of sp³-hybridized carbons (Fsp3) is 0.600. The van der Waals surface area contributed by atoms with E-state index in [1.54, 1.807) is 0 Å². The van der Waals surface area contributed by atoms with E-state index in [4.69, 9.17) is 16.0 Å². The topological polar surface area (TPSA) is 39.2 Å². The Hall–Kier alpha value is -0.783. The van der Waals surface area contributed by atoms with Crippen LogP contribution in [-0.2, 0) is 4.43 Å². The predicted octanol–water partition coefficient (Wildman–Crippen LogP) is 4.61. The largest absolute Gasteiger partial charge is 0.404 e. The summed E-state index contributed by atoms with van der Waals surface area (Å²) in [6.45, 7) is 10.5. The van der Waals surface area contributed by atoms with E-state index in [1.165, 1.54) is 12.1 Å². The Balaban J connectivity index is 2.27. The van der Waals surface area contributed by atoms with Gasteiger partial charge in [-0.3, -0.25) is 4.79 Å². The Labute approximate surface area is 131 Å². The van der Waals surface area contributed by atoms with Gasteiger partial charge in [0.15, 0.2) is 14.1 Å². The van der Waals surface area contributed by atoms with Gasteiger partial charge in [-0.15, -0.1) is 0 Å². The first-order valence-electron chi connectivity index (χ1n) is 7.06. The van der Waals surface area contributed by atoms with Crippen LogP contribution < -0.4 is 0 Å². The summed E-state index contributed by atoms with van der Waals surface area (Å²) in [5, 5.41) is 0.0406. The van der Waals surface area contributed by atoms with Crippen molar-refractivity contribution in [3.63, 3.8) is 0 Å². The average Bonchev–Trinajstić information content (AvgIpc) is 3.07. The molecule has 6 heteroatoms. The van der Waals surface area contributed by atoms with Crippen LogP contribution in [0.4, 0.5) is 4.39 Å². The maximum atomic E-state index is 13.9. The highest BCUT2D eigenvalue weighted by atomic mass is 35.5. The van der Waals surface area contributed by atoms with E-state index >= 15 is 0 Å². The van der Waals surface area contributed by atoms with Gasteiger partial charge in [-0.1, -0.05) is 32.4 Å². The molecular weight excluding hydrogens is 309 g/mol. The summed E-state index contributed by atoms with van der Waals surface area (Å²) >= 11 is 5.63. The lowest BCUT2D eigenvalue weighted by Crippen LogP contribution is -2.47. The first-order chi connectivity index (χ1) is 9.48. The normalized spacial score (nSPS) is 17.7. The highest BCUT2D eigenvalue weighted by Crippen LogP contribution is 2.49. The molecule has 2 rings (SSSR count). The van der Waals surface area contributed by atoms with Crippen molar-refractivity contribution >= 4 is 25.7 Å². The van der Waals surface area contributed by atoms with Gasteiger partial charge in [0.1, 0.15) is 10.8 Å². The van der Waals surface area contributed by atoms with Crippen LogP contribution in [0.2, 0.25) is 23.3 Å². The quantitative estimate of drug-likeness (QED) is 0.460. The molecule has 0 saturated heterocycles. The second-order valence-electron chi connectivity index (χ2n) is 7.16. The molecule has 1 aliphatic carbocycles. The molecule has 0 amide bonds. The van der Waals surface area contributed by atoms with E-state index in [1.807, 2.05) is 0 Å². The molecule has 1 saturated carbocycles. The third kappa shape index (κ3) is 3.20. The lowest BCUT2D eigenvalue weighted by Gasteiger charge is -2.39. The Bertz CT molecular complexity index is 580. The summed E-state index contributed by atoms with van der Waals surface area (Å²) < 4.78 is 20.1.